The van der Waals surface area contributed by atoms with Crippen LogP contribution in [-0.2, 0) is 0 Å². The van der Waals surface area contributed by atoms with Crippen LogP contribution in [0.4, 0.5) is 0 Å². The number of para-hydroxylation sites is 1. The summed E-state index contributed by atoms with van der Waals surface area (Å²) < 4.78 is 13.9. The van der Waals surface area contributed by atoms with E-state index in [4.69, 9.17) is 4.42 Å². The van der Waals surface area contributed by atoms with Crippen LogP contribution in [0.5, 0.6) is 0 Å². The van der Waals surface area contributed by atoms with Crippen molar-refractivity contribution >= 4 is 107 Å². The Kier molecular flexibility index (Phi) is 6.79. The van der Waals surface area contributed by atoms with Crippen LogP contribution in [0.2, 0.25) is 0 Å². The van der Waals surface area contributed by atoms with Crippen molar-refractivity contribution in [3.63, 3.8) is 0 Å². The Labute approximate surface area is 341 Å². The minimum atomic E-state index is 0.910. The van der Waals surface area contributed by atoms with E-state index in [0.29, 0.717) is 0 Å². The molecule has 270 valence electrons. The minimum absolute atomic E-state index is 0.910. The Bertz CT molecular complexity index is 3650. The van der Waals surface area contributed by atoms with Crippen molar-refractivity contribution < 1.29 is 4.42 Å². The highest BCUT2D eigenvalue weighted by atomic mass is 32.1. The maximum Gasteiger partial charge on any atom is 0.135 e. The molecule has 0 aliphatic carbocycles. The van der Waals surface area contributed by atoms with Gasteiger partial charge in [0.25, 0.3) is 0 Å². The molecule has 0 unspecified atom stereocenters. The van der Waals surface area contributed by atoms with Crippen molar-refractivity contribution in [1.82, 2.24) is 4.57 Å². The van der Waals surface area contributed by atoms with Crippen LogP contribution < -0.4 is 0 Å². The molecule has 4 aromatic heterocycles. The molecule has 0 fully saturated rings. The summed E-state index contributed by atoms with van der Waals surface area (Å²) in [5.74, 6) is 0. The molecule has 0 saturated carbocycles. The van der Waals surface area contributed by atoms with Crippen LogP contribution in [-0.4, -0.2) is 4.57 Å². The van der Waals surface area contributed by atoms with Crippen LogP contribution in [0, 0.1) is 0 Å². The molecule has 0 aliphatic heterocycles. The second-order valence-corrected chi connectivity index (χ2v) is 17.4. The number of aromatic nitrogens is 1. The van der Waals surface area contributed by atoms with Gasteiger partial charge in [-0.25, -0.2) is 0 Å². The van der Waals surface area contributed by atoms with Gasteiger partial charge >= 0.3 is 0 Å². The molecule has 13 aromatic rings. The maximum absolute atomic E-state index is 6.17. The van der Waals surface area contributed by atoms with Gasteiger partial charge in [-0.15, -0.1) is 22.7 Å². The summed E-state index contributed by atoms with van der Waals surface area (Å²) in [5.41, 5.74) is 12.6. The summed E-state index contributed by atoms with van der Waals surface area (Å²) in [6.07, 6.45) is 0. The van der Waals surface area contributed by atoms with Crippen molar-refractivity contribution in [3.05, 3.63) is 188 Å². The number of benzene rings is 9. The lowest BCUT2D eigenvalue weighted by Crippen LogP contribution is -1.94. The van der Waals surface area contributed by atoms with Gasteiger partial charge in [0.05, 0.1) is 11.0 Å². The SMILES string of the molecule is c1cc(-c2ccc3oc4ccccc4c3c2)cc(-n2c3ccc(-c4ccc5sc6ccccc6c5c4)cc3c3cc(-c4ccc5sc6ccccc6c5c4)ccc32)c1. The molecule has 2 nitrogen and oxygen atoms in total. The zero-order valence-electron chi connectivity index (χ0n) is 31.1. The van der Waals surface area contributed by atoms with Crippen molar-refractivity contribution in [3.8, 4) is 39.1 Å². The van der Waals surface area contributed by atoms with Crippen LogP contribution in [0.1, 0.15) is 0 Å². The standard InChI is InChI=1S/C54H31NOS2/c1-4-13-49-39(10-1)44-29-35(18-23-50(44)56-49)32-8-7-9-38(26-32)55-47-21-16-33(36-19-24-53-45(30-36)40-11-2-5-14-51(40)57-53)27-42(47)43-28-34(17-22-48(43)55)37-20-25-54-46(31-37)41-12-3-6-15-52(41)58-54/h1-31H. The minimum Gasteiger partial charge on any atom is -0.456 e. The summed E-state index contributed by atoms with van der Waals surface area (Å²) in [7, 11) is 0. The zero-order chi connectivity index (χ0) is 37.9. The second-order valence-electron chi connectivity index (χ2n) is 15.3. The molecule has 0 amide bonds. The average molecular weight is 774 g/mol. The number of thiophene rings is 2. The smallest absolute Gasteiger partial charge is 0.135 e. The molecule has 13 rings (SSSR count). The predicted molar refractivity (Wildman–Crippen MR) is 250 cm³/mol. The first-order chi connectivity index (χ1) is 28.7. The third-order valence-corrected chi connectivity index (χ3v) is 14.3. The van der Waals surface area contributed by atoms with Gasteiger partial charge in [0.15, 0.2) is 0 Å². The zero-order valence-corrected chi connectivity index (χ0v) is 32.7. The largest absolute Gasteiger partial charge is 0.456 e. The fraction of sp³-hybridized carbons (Fsp3) is 0. The topological polar surface area (TPSA) is 18.1 Å². The third kappa shape index (κ3) is 4.83. The van der Waals surface area contributed by atoms with Gasteiger partial charge in [0.1, 0.15) is 11.2 Å². The lowest BCUT2D eigenvalue weighted by Gasteiger charge is -2.11. The molecule has 0 N–H and O–H groups in total. The van der Waals surface area contributed by atoms with Crippen LogP contribution in [0.15, 0.2) is 192 Å². The fourth-order valence-corrected chi connectivity index (χ4v) is 11.4. The molecule has 9 aromatic carbocycles. The highest BCUT2D eigenvalue weighted by Gasteiger charge is 2.17. The lowest BCUT2D eigenvalue weighted by molar-refractivity contribution is 0.669. The number of hydrogen-bond acceptors (Lipinski definition) is 3. The van der Waals surface area contributed by atoms with Gasteiger partial charge in [0, 0.05) is 67.6 Å². The van der Waals surface area contributed by atoms with Gasteiger partial charge in [-0.05, 0) is 124 Å². The highest BCUT2D eigenvalue weighted by Crippen LogP contribution is 2.42. The number of nitrogens with zero attached hydrogens (tertiary/aromatic N) is 1. The average Bonchev–Trinajstić information content (AvgIpc) is 4.04. The Morgan fingerprint density at radius 3 is 1.36 bits per heavy atom. The van der Waals surface area contributed by atoms with Crippen molar-refractivity contribution in [2.24, 2.45) is 0 Å². The van der Waals surface area contributed by atoms with Gasteiger partial charge in [0.2, 0.25) is 0 Å². The molecule has 0 saturated heterocycles. The van der Waals surface area contributed by atoms with Gasteiger partial charge < -0.3 is 8.98 Å². The molecule has 0 atom stereocenters. The van der Waals surface area contributed by atoms with Crippen molar-refractivity contribution in [2.75, 3.05) is 0 Å². The van der Waals surface area contributed by atoms with Gasteiger partial charge in [-0.3, -0.25) is 0 Å². The number of fused-ring (bicyclic) bond motifs is 12. The summed E-state index contributed by atoms with van der Waals surface area (Å²) >= 11 is 3.73. The van der Waals surface area contributed by atoms with Crippen LogP contribution in [0.25, 0.3) is 123 Å². The Hall–Kier alpha value is -6.98. The first-order valence-corrected chi connectivity index (χ1v) is 21.3. The Morgan fingerprint density at radius 1 is 0.293 bits per heavy atom. The second kappa shape index (κ2) is 12.3. The van der Waals surface area contributed by atoms with Gasteiger partial charge in [-0.2, -0.15) is 0 Å². The van der Waals surface area contributed by atoms with E-state index in [1.165, 1.54) is 95.5 Å². The third-order valence-electron chi connectivity index (χ3n) is 12.0. The predicted octanol–water partition coefficient (Wildman–Crippen LogP) is 16.4. The molecule has 0 aliphatic rings. The van der Waals surface area contributed by atoms with Crippen LogP contribution >= 0.6 is 22.7 Å². The quantitative estimate of drug-likeness (QED) is 0.174. The van der Waals surface area contributed by atoms with E-state index in [9.17, 15) is 0 Å². The van der Waals surface area contributed by atoms with E-state index in [0.717, 1.165) is 27.6 Å². The van der Waals surface area contributed by atoms with Gasteiger partial charge in [-0.1, -0.05) is 97.1 Å². The van der Waals surface area contributed by atoms with Crippen molar-refractivity contribution in [2.45, 2.75) is 0 Å². The number of furan rings is 1. The first kappa shape index (κ1) is 32.1. The molecule has 0 bridgehead atoms. The summed E-state index contributed by atoms with van der Waals surface area (Å²) in [5, 5.41) is 10.0. The molecule has 4 heteroatoms. The van der Waals surface area contributed by atoms with Crippen molar-refractivity contribution in [1.29, 1.82) is 0 Å². The van der Waals surface area contributed by atoms with Crippen LogP contribution in [0.3, 0.4) is 0 Å². The molecule has 58 heavy (non-hydrogen) atoms. The highest BCUT2D eigenvalue weighted by molar-refractivity contribution is 7.26. The van der Waals surface area contributed by atoms with E-state index in [-0.39, 0.29) is 0 Å². The van der Waals surface area contributed by atoms with E-state index >= 15 is 0 Å². The first-order valence-electron chi connectivity index (χ1n) is 19.6. The summed E-state index contributed by atoms with van der Waals surface area (Å²) in [4.78, 5) is 0. The Balaban J connectivity index is 1.01. The summed E-state index contributed by atoms with van der Waals surface area (Å²) in [6, 6.07) is 69.3. The van der Waals surface area contributed by atoms with E-state index in [2.05, 4.69) is 180 Å². The number of rotatable bonds is 4. The Morgan fingerprint density at radius 2 is 0.741 bits per heavy atom. The maximum atomic E-state index is 6.17. The lowest BCUT2D eigenvalue weighted by atomic mass is 9.98. The molecular weight excluding hydrogens is 743 g/mol. The van der Waals surface area contributed by atoms with E-state index in [1.54, 1.807) is 0 Å². The molecule has 4 heterocycles. The molecular formula is C54H31NOS2. The monoisotopic (exact) mass is 773 g/mol. The molecule has 0 spiro atoms. The van der Waals surface area contributed by atoms with E-state index in [1.807, 2.05) is 34.8 Å². The summed E-state index contributed by atoms with van der Waals surface area (Å²) in [6.45, 7) is 0. The molecule has 0 radical (unpaired) electrons. The number of hydrogen-bond donors (Lipinski definition) is 0. The van der Waals surface area contributed by atoms with E-state index < -0.39 is 0 Å². The normalized spacial score (nSPS) is 12.1. The fourth-order valence-electron chi connectivity index (χ4n) is 9.20.